The normalized spacial score (nSPS) is 17.1. The third-order valence-electron chi connectivity index (χ3n) is 4.27. The summed E-state index contributed by atoms with van der Waals surface area (Å²) in [5, 5.41) is 6.65. The number of anilines is 1. The Kier molecular flexibility index (Phi) is 5.16. The summed E-state index contributed by atoms with van der Waals surface area (Å²) in [6.07, 6.45) is 4.78. The van der Waals surface area contributed by atoms with Gasteiger partial charge in [0.1, 0.15) is 0 Å². The van der Waals surface area contributed by atoms with Crippen molar-refractivity contribution in [3.63, 3.8) is 0 Å². The van der Waals surface area contributed by atoms with Crippen molar-refractivity contribution in [2.75, 3.05) is 24.5 Å². The number of para-hydroxylation sites is 1. The van der Waals surface area contributed by atoms with Crippen molar-refractivity contribution in [3.8, 4) is 0 Å². The van der Waals surface area contributed by atoms with Gasteiger partial charge < -0.3 is 15.5 Å². The minimum atomic E-state index is 0.213. The summed E-state index contributed by atoms with van der Waals surface area (Å²) >= 11 is 0. The molecule has 1 heterocycles. The molecule has 1 aliphatic carbocycles. The highest BCUT2D eigenvalue weighted by Crippen LogP contribution is 2.28. The van der Waals surface area contributed by atoms with Gasteiger partial charge in [-0.25, -0.2) is 0 Å². The maximum absolute atomic E-state index is 12.4. The van der Waals surface area contributed by atoms with E-state index >= 15 is 0 Å². The van der Waals surface area contributed by atoms with Gasteiger partial charge in [-0.1, -0.05) is 18.2 Å². The van der Waals surface area contributed by atoms with E-state index in [2.05, 4.69) is 28.6 Å². The monoisotopic (exact) mass is 314 g/mol. The molecule has 1 aromatic rings. The molecule has 0 aromatic heterocycles. The summed E-state index contributed by atoms with van der Waals surface area (Å²) < 4.78 is 0. The van der Waals surface area contributed by atoms with Gasteiger partial charge in [0.15, 0.2) is 5.96 Å². The smallest absolute Gasteiger partial charge is 0.227 e. The number of carbonyl (C=O) groups is 1. The summed E-state index contributed by atoms with van der Waals surface area (Å²) in [6.45, 7) is 4.43. The zero-order valence-corrected chi connectivity index (χ0v) is 13.8. The van der Waals surface area contributed by atoms with Crippen molar-refractivity contribution in [2.45, 2.75) is 45.1 Å². The predicted molar refractivity (Wildman–Crippen MR) is 93.9 cm³/mol. The van der Waals surface area contributed by atoms with Crippen LogP contribution in [0.3, 0.4) is 0 Å². The number of benzene rings is 1. The number of rotatable bonds is 6. The molecule has 1 amide bonds. The second-order valence-corrected chi connectivity index (χ2v) is 6.21. The molecule has 5 nitrogen and oxygen atoms in total. The Morgan fingerprint density at radius 3 is 2.96 bits per heavy atom. The van der Waals surface area contributed by atoms with Crippen molar-refractivity contribution >= 4 is 17.6 Å². The molecule has 2 N–H and O–H groups in total. The minimum absolute atomic E-state index is 0.213. The lowest BCUT2D eigenvalue weighted by Crippen LogP contribution is -2.38. The van der Waals surface area contributed by atoms with Gasteiger partial charge >= 0.3 is 0 Å². The summed E-state index contributed by atoms with van der Waals surface area (Å²) in [7, 11) is 0. The number of guanidine groups is 1. The van der Waals surface area contributed by atoms with E-state index < -0.39 is 0 Å². The minimum Gasteiger partial charge on any atom is -0.357 e. The number of carbonyl (C=O) groups excluding carboxylic acids is 1. The van der Waals surface area contributed by atoms with Crippen LogP contribution in [-0.4, -0.2) is 37.5 Å². The van der Waals surface area contributed by atoms with Gasteiger partial charge in [0.05, 0.1) is 0 Å². The molecule has 124 valence electrons. The molecule has 0 radical (unpaired) electrons. The fraction of sp³-hybridized carbons (Fsp3) is 0.556. The number of hydrogen-bond acceptors (Lipinski definition) is 2. The molecule has 1 fully saturated rings. The van der Waals surface area contributed by atoms with E-state index in [-0.39, 0.29) is 5.91 Å². The van der Waals surface area contributed by atoms with Gasteiger partial charge in [0, 0.05) is 37.8 Å². The van der Waals surface area contributed by atoms with Gasteiger partial charge in [0.2, 0.25) is 5.91 Å². The Hall–Kier alpha value is -2.04. The van der Waals surface area contributed by atoms with Crippen molar-refractivity contribution in [2.24, 2.45) is 4.99 Å². The third-order valence-corrected chi connectivity index (χ3v) is 4.27. The Balaban J connectivity index is 1.46. The van der Waals surface area contributed by atoms with Gasteiger partial charge in [0.25, 0.3) is 0 Å². The van der Waals surface area contributed by atoms with E-state index in [4.69, 9.17) is 0 Å². The molecule has 5 heteroatoms. The van der Waals surface area contributed by atoms with Crippen LogP contribution < -0.4 is 15.5 Å². The van der Waals surface area contributed by atoms with Crippen LogP contribution in [0.15, 0.2) is 29.3 Å². The Morgan fingerprint density at radius 1 is 1.35 bits per heavy atom. The molecule has 0 spiro atoms. The summed E-state index contributed by atoms with van der Waals surface area (Å²) in [5.74, 6) is 1.10. The Bertz CT molecular complexity index is 580. The van der Waals surface area contributed by atoms with Crippen molar-refractivity contribution in [3.05, 3.63) is 29.8 Å². The lowest BCUT2D eigenvalue weighted by Gasteiger charge is -2.17. The lowest BCUT2D eigenvalue weighted by atomic mass is 10.2. The van der Waals surface area contributed by atoms with Gasteiger partial charge in [-0.15, -0.1) is 0 Å². The highest BCUT2D eigenvalue weighted by molar-refractivity contribution is 5.95. The summed E-state index contributed by atoms with van der Waals surface area (Å²) in [4.78, 5) is 18.9. The van der Waals surface area contributed by atoms with Crippen molar-refractivity contribution in [1.82, 2.24) is 10.6 Å². The molecule has 0 atom stereocenters. The van der Waals surface area contributed by atoms with Crippen LogP contribution >= 0.6 is 0 Å². The second-order valence-electron chi connectivity index (χ2n) is 6.21. The Labute approximate surface area is 138 Å². The first-order valence-electron chi connectivity index (χ1n) is 8.71. The number of aliphatic imine (C=N–C) groups is 1. The molecular formula is C18H26N4O. The molecule has 2 aliphatic rings. The molecule has 1 aliphatic heterocycles. The van der Waals surface area contributed by atoms with E-state index in [1.807, 2.05) is 23.1 Å². The van der Waals surface area contributed by atoms with Gasteiger partial charge in [-0.2, -0.15) is 0 Å². The van der Waals surface area contributed by atoms with Gasteiger partial charge in [-0.05, 0) is 44.2 Å². The molecule has 23 heavy (non-hydrogen) atoms. The number of nitrogens with zero attached hydrogens (tertiary/aromatic N) is 2. The summed E-state index contributed by atoms with van der Waals surface area (Å²) in [6, 6.07) is 8.79. The van der Waals surface area contributed by atoms with E-state index in [0.29, 0.717) is 19.0 Å². The molecule has 1 saturated carbocycles. The topological polar surface area (TPSA) is 56.7 Å². The first kappa shape index (κ1) is 15.8. The van der Waals surface area contributed by atoms with E-state index in [1.54, 1.807) is 0 Å². The average Bonchev–Trinajstić information content (AvgIpc) is 3.27. The van der Waals surface area contributed by atoms with E-state index in [9.17, 15) is 4.79 Å². The number of nitrogens with one attached hydrogen (secondary N) is 2. The number of amides is 1. The maximum Gasteiger partial charge on any atom is 0.227 e. The van der Waals surface area contributed by atoms with Crippen LogP contribution in [0.25, 0.3) is 0 Å². The van der Waals surface area contributed by atoms with Crippen LogP contribution in [0.1, 0.15) is 38.2 Å². The van der Waals surface area contributed by atoms with Crippen LogP contribution in [0, 0.1) is 0 Å². The first-order valence-corrected chi connectivity index (χ1v) is 8.71. The Morgan fingerprint density at radius 2 is 2.17 bits per heavy atom. The van der Waals surface area contributed by atoms with Crippen LogP contribution in [-0.2, 0) is 11.2 Å². The standard InChI is InChI=1S/C18H26N4O/c1-2-19-18(21-15-9-10-15)20-12-5-8-17(23)22-13-11-14-6-3-4-7-16(14)22/h3-4,6-7,15H,2,5,8-13H2,1H3,(H2,19,20,21). The average molecular weight is 314 g/mol. The molecule has 0 bridgehead atoms. The van der Waals surface area contributed by atoms with Crippen molar-refractivity contribution < 1.29 is 4.79 Å². The lowest BCUT2D eigenvalue weighted by molar-refractivity contribution is -0.118. The van der Waals surface area contributed by atoms with Crippen LogP contribution in [0.4, 0.5) is 5.69 Å². The van der Waals surface area contributed by atoms with Crippen molar-refractivity contribution in [1.29, 1.82) is 0 Å². The molecular weight excluding hydrogens is 288 g/mol. The first-order chi connectivity index (χ1) is 11.3. The van der Waals surface area contributed by atoms with E-state index in [1.165, 1.54) is 18.4 Å². The third kappa shape index (κ3) is 4.24. The molecule has 3 rings (SSSR count). The van der Waals surface area contributed by atoms with E-state index in [0.717, 1.165) is 37.6 Å². The fourth-order valence-corrected chi connectivity index (χ4v) is 2.89. The summed E-state index contributed by atoms with van der Waals surface area (Å²) in [5.41, 5.74) is 2.37. The molecule has 1 aromatic carbocycles. The number of hydrogen-bond donors (Lipinski definition) is 2. The van der Waals surface area contributed by atoms with Crippen LogP contribution in [0.5, 0.6) is 0 Å². The van der Waals surface area contributed by atoms with Gasteiger partial charge in [-0.3, -0.25) is 9.79 Å². The largest absolute Gasteiger partial charge is 0.357 e. The predicted octanol–water partition coefficient (Wildman–Crippen LogP) is 2.07. The zero-order chi connectivity index (χ0) is 16.1. The fourth-order valence-electron chi connectivity index (χ4n) is 2.89. The van der Waals surface area contributed by atoms with Crippen LogP contribution in [0.2, 0.25) is 0 Å². The molecule has 0 unspecified atom stereocenters. The SMILES string of the molecule is CCNC(=NCCCC(=O)N1CCc2ccccc21)NC1CC1. The quantitative estimate of drug-likeness (QED) is 0.480. The highest BCUT2D eigenvalue weighted by atomic mass is 16.2. The molecule has 0 saturated heterocycles. The zero-order valence-electron chi connectivity index (χ0n) is 13.8. The highest BCUT2D eigenvalue weighted by Gasteiger charge is 2.24. The number of fused-ring (bicyclic) bond motifs is 1. The second kappa shape index (κ2) is 7.49. The maximum atomic E-state index is 12.4.